The van der Waals surface area contributed by atoms with Crippen molar-refractivity contribution in [1.82, 2.24) is 9.55 Å². The second-order valence-electron chi connectivity index (χ2n) is 6.24. The monoisotopic (exact) mass is 324 g/mol. The van der Waals surface area contributed by atoms with Crippen LogP contribution in [0.5, 0.6) is 0 Å². The Morgan fingerprint density at radius 1 is 1.17 bits per heavy atom. The molecule has 1 fully saturated rings. The third-order valence-electron chi connectivity index (χ3n) is 4.66. The highest BCUT2D eigenvalue weighted by atomic mass is 35.5. The highest BCUT2D eigenvalue weighted by Gasteiger charge is 2.31. The predicted molar refractivity (Wildman–Crippen MR) is 93.5 cm³/mol. The number of fused-ring (bicyclic) bond motifs is 1. The van der Waals surface area contributed by atoms with E-state index in [-0.39, 0.29) is 11.6 Å². The van der Waals surface area contributed by atoms with E-state index >= 15 is 0 Å². The maximum Gasteiger partial charge on any atom is 0.352 e. The summed E-state index contributed by atoms with van der Waals surface area (Å²) < 4.78 is 1.66. The third kappa shape index (κ3) is 2.55. The van der Waals surface area contributed by atoms with Gasteiger partial charge in [-0.05, 0) is 49.1 Å². The minimum Gasteiger partial charge on any atom is -0.261 e. The first kappa shape index (κ1) is 14.5. The summed E-state index contributed by atoms with van der Waals surface area (Å²) in [5.74, 6) is 0.922. The highest BCUT2D eigenvalue weighted by molar-refractivity contribution is 6.31. The van der Waals surface area contributed by atoms with E-state index in [2.05, 4.69) is 11.9 Å². The molecule has 1 saturated carbocycles. The van der Waals surface area contributed by atoms with Crippen molar-refractivity contribution in [2.24, 2.45) is 5.92 Å². The number of para-hydroxylation sites is 1. The van der Waals surface area contributed by atoms with Crippen LogP contribution in [0.4, 0.5) is 0 Å². The second-order valence-corrected chi connectivity index (χ2v) is 6.67. The standard InChI is InChI=1S/C19H17ClN2O/c1-12(13-7-8-13)18-16-11-14(20)9-10-17(16)22(19(23)21-18)15-5-3-2-4-6-15/h2-6,9-13H,7-8H2,1H3. The molecule has 0 aliphatic heterocycles. The first-order valence-corrected chi connectivity index (χ1v) is 8.30. The molecule has 3 nitrogen and oxygen atoms in total. The molecule has 116 valence electrons. The molecule has 2 aromatic carbocycles. The average Bonchev–Trinajstić information content (AvgIpc) is 3.39. The average molecular weight is 325 g/mol. The molecule has 1 heterocycles. The van der Waals surface area contributed by atoms with E-state index in [1.54, 1.807) is 4.57 Å². The van der Waals surface area contributed by atoms with Gasteiger partial charge >= 0.3 is 5.69 Å². The fraction of sp³-hybridized carbons (Fsp3) is 0.263. The van der Waals surface area contributed by atoms with Gasteiger partial charge in [-0.25, -0.2) is 4.79 Å². The van der Waals surface area contributed by atoms with Crippen LogP contribution in [-0.4, -0.2) is 9.55 Å². The van der Waals surface area contributed by atoms with E-state index < -0.39 is 0 Å². The van der Waals surface area contributed by atoms with E-state index in [1.165, 1.54) is 12.8 Å². The molecule has 1 unspecified atom stereocenters. The Balaban J connectivity index is 2.04. The quantitative estimate of drug-likeness (QED) is 0.708. The van der Waals surface area contributed by atoms with E-state index in [9.17, 15) is 4.79 Å². The van der Waals surface area contributed by atoms with Crippen molar-refractivity contribution in [3.05, 3.63) is 69.7 Å². The number of hydrogen-bond acceptors (Lipinski definition) is 2. The summed E-state index contributed by atoms with van der Waals surface area (Å²) in [6.45, 7) is 2.16. The highest BCUT2D eigenvalue weighted by Crippen LogP contribution is 2.43. The molecule has 1 aliphatic carbocycles. The van der Waals surface area contributed by atoms with Crippen molar-refractivity contribution < 1.29 is 0 Å². The molecule has 0 saturated heterocycles. The lowest BCUT2D eigenvalue weighted by atomic mass is 9.98. The summed E-state index contributed by atoms with van der Waals surface area (Å²) in [6, 6.07) is 15.3. The number of benzene rings is 2. The summed E-state index contributed by atoms with van der Waals surface area (Å²) in [4.78, 5) is 17.1. The van der Waals surface area contributed by atoms with Crippen molar-refractivity contribution >= 4 is 22.5 Å². The van der Waals surface area contributed by atoms with E-state index in [4.69, 9.17) is 11.6 Å². The smallest absolute Gasteiger partial charge is 0.261 e. The molecule has 0 bridgehead atoms. The van der Waals surface area contributed by atoms with Gasteiger partial charge in [0.15, 0.2) is 0 Å². The molecule has 1 atom stereocenters. The number of nitrogens with zero attached hydrogens (tertiary/aromatic N) is 2. The van der Waals surface area contributed by atoms with Gasteiger partial charge in [-0.2, -0.15) is 4.98 Å². The normalized spacial score (nSPS) is 15.7. The molecule has 0 N–H and O–H groups in total. The zero-order valence-electron chi connectivity index (χ0n) is 12.9. The molecule has 0 radical (unpaired) electrons. The van der Waals surface area contributed by atoms with E-state index in [1.807, 2.05) is 48.5 Å². The molecule has 23 heavy (non-hydrogen) atoms. The zero-order valence-corrected chi connectivity index (χ0v) is 13.6. The molecule has 0 amide bonds. The van der Waals surface area contributed by atoms with Crippen LogP contribution in [0.15, 0.2) is 53.3 Å². The van der Waals surface area contributed by atoms with Gasteiger partial charge in [0.25, 0.3) is 0 Å². The Hall–Kier alpha value is -2.13. The van der Waals surface area contributed by atoms with Crippen LogP contribution in [-0.2, 0) is 0 Å². The van der Waals surface area contributed by atoms with Gasteiger partial charge in [-0.1, -0.05) is 36.7 Å². The van der Waals surface area contributed by atoms with Crippen LogP contribution in [0.2, 0.25) is 5.02 Å². The first-order chi connectivity index (χ1) is 11.1. The van der Waals surface area contributed by atoms with E-state index in [0.29, 0.717) is 10.9 Å². The lowest BCUT2D eigenvalue weighted by Crippen LogP contribution is -2.24. The molecule has 1 aliphatic rings. The lowest BCUT2D eigenvalue weighted by molar-refractivity contribution is 0.642. The van der Waals surface area contributed by atoms with Crippen LogP contribution < -0.4 is 5.69 Å². The number of hydrogen-bond donors (Lipinski definition) is 0. The lowest BCUT2D eigenvalue weighted by Gasteiger charge is -2.16. The Kier molecular flexibility index (Phi) is 3.46. The first-order valence-electron chi connectivity index (χ1n) is 7.93. The maximum atomic E-state index is 12.7. The van der Waals surface area contributed by atoms with Gasteiger partial charge < -0.3 is 0 Å². The summed E-state index contributed by atoms with van der Waals surface area (Å²) in [6.07, 6.45) is 2.43. The van der Waals surface area contributed by atoms with Crippen molar-refractivity contribution in [2.45, 2.75) is 25.7 Å². The largest absolute Gasteiger partial charge is 0.352 e. The van der Waals surface area contributed by atoms with Gasteiger partial charge in [0, 0.05) is 16.3 Å². The molecule has 1 aromatic heterocycles. The minimum atomic E-state index is -0.228. The Bertz CT molecular complexity index is 929. The summed E-state index contributed by atoms with van der Waals surface area (Å²) >= 11 is 6.21. The molecular weight excluding hydrogens is 308 g/mol. The molecule has 4 heteroatoms. The van der Waals surface area contributed by atoms with Crippen molar-refractivity contribution in [3.63, 3.8) is 0 Å². The van der Waals surface area contributed by atoms with Crippen LogP contribution >= 0.6 is 11.6 Å². The number of halogens is 1. The van der Waals surface area contributed by atoms with Gasteiger partial charge in [-0.15, -0.1) is 0 Å². The van der Waals surface area contributed by atoms with Crippen molar-refractivity contribution in [1.29, 1.82) is 0 Å². The number of rotatable bonds is 3. The summed E-state index contributed by atoms with van der Waals surface area (Å²) in [7, 11) is 0. The SMILES string of the molecule is CC(c1nc(=O)n(-c2ccccc2)c2ccc(Cl)cc12)C1CC1. The zero-order chi connectivity index (χ0) is 16.0. The molecule has 3 aromatic rings. The van der Waals surface area contributed by atoms with Gasteiger partial charge in [0.05, 0.1) is 16.9 Å². The Morgan fingerprint density at radius 3 is 2.61 bits per heavy atom. The van der Waals surface area contributed by atoms with Crippen molar-refractivity contribution in [2.75, 3.05) is 0 Å². The number of aromatic nitrogens is 2. The van der Waals surface area contributed by atoms with Crippen LogP contribution in [0.3, 0.4) is 0 Å². The van der Waals surface area contributed by atoms with Gasteiger partial charge in [-0.3, -0.25) is 4.57 Å². The molecule has 0 spiro atoms. The molecule has 4 rings (SSSR count). The van der Waals surface area contributed by atoms with Crippen molar-refractivity contribution in [3.8, 4) is 5.69 Å². The predicted octanol–water partition coefficient (Wildman–Crippen LogP) is 4.55. The fourth-order valence-corrected chi connectivity index (χ4v) is 3.39. The summed E-state index contributed by atoms with van der Waals surface area (Å²) in [5.41, 5.74) is 2.33. The van der Waals surface area contributed by atoms with E-state index in [0.717, 1.165) is 22.3 Å². The minimum absolute atomic E-state index is 0.228. The third-order valence-corrected chi connectivity index (χ3v) is 4.89. The second kappa shape index (κ2) is 5.50. The van der Waals surface area contributed by atoms with Gasteiger partial charge in [0.1, 0.15) is 0 Å². The van der Waals surface area contributed by atoms with Crippen LogP contribution in [0, 0.1) is 5.92 Å². The van der Waals surface area contributed by atoms with Crippen LogP contribution in [0.25, 0.3) is 16.6 Å². The fourth-order valence-electron chi connectivity index (χ4n) is 3.22. The summed E-state index contributed by atoms with van der Waals surface area (Å²) in [5, 5.41) is 1.64. The Labute approximate surface area is 139 Å². The van der Waals surface area contributed by atoms with Crippen LogP contribution in [0.1, 0.15) is 31.4 Å². The van der Waals surface area contributed by atoms with Gasteiger partial charge in [0.2, 0.25) is 0 Å². The Morgan fingerprint density at radius 2 is 1.91 bits per heavy atom. The topological polar surface area (TPSA) is 34.9 Å². The molecular formula is C19H17ClN2O. The maximum absolute atomic E-state index is 12.7.